The van der Waals surface area contributed by atoms with Crippen LogP contribution < -0.4 is 0 Å². The first-order valence-corrected chi connectivity index (χ1v) is 20.9. The molecule has 5 aliphatic heterocycles. The van der Waals surface area contributed by atoms with Gasteiger partial charge >= 0.3 is 0 Å². The molecule has 5 aliphatic rings. The molecule has 29 unspecified atom stereocenters. The smallest absolute Gasteiger partial charge is 0.186 e. The van der Waals surface area contributed by atoms with Gasteiger partial charge in [-0.05, 0) is 0 Å². The molecule has 20 N–H and O–H groups in total. The zero-order chi connectivity index (χ0) is 49.8. The first-order chi connectivity index (χ1) is 31.5. The van der Waals surface area contributed by atoms with E-state index in [-0.39, 0.29) is 6.29 Å². The molecule has 5 heterocycles. The number of hydrogen-bond donors (Lipinski definition) is 20. The van der Waals surface area contributed by atoms with Crippen molar-refractivity contribution in [2.24, 2.45) is 0 Å². The van der Waals surface area contributed by atoms with Gasteiger partial charge in [0, 0.05) is 0 Å². The molecule has 392 valence electrons. The third-order valence-corrected chi connectivity index (χ3v) is 11.9. The molecule has 0 amide bonds. The van der Waals surface area contributed by atoms with Gasteiger partial charge in [-0.3, -0.25) is 0 Å². The molecule has 0 aliphatic carbocycles. The summed E-state index contributed by atoms with van der Waals surface area (Å²) in [7, 11) is 0. The lowest BCUT2D eigenvalue weighted by atomic mass is 9.97. The lowest BCUT2D eigenvalue weighted by Gasteiger charge is -2.44. The van der Waals surface area contributed by atoms with Gasteiger partial charge in [0.2, 0.25) is 0 Å². The molecule has 5 fully saturated rings. The van der Waals surface area contributed by atoms with Gasteiger partial charge in [-0.1, -0.05) is 0 Å². The normalized spacial score (nSPS) is 48.3. The van der Waals surface area contributed by atoms with Crippen molar-refractivity contribution >= 4 is 6.29 Å². The van der Waals surface area contributed by atoms with E-state index in [1.54, 1.807) is 0 Å². The van der Waals surface area contributed by atoms with Crippen LogP contribution in [-0.2, 0) is 52.2 Å². The second-order valence-electron chi connectivity index (χ2n) is 16.6. The van der Waals surface area contributed by atoms with Gasteiger partial charge in [0.1, 0.15) is 146 Å². The Labute approximate surface area is 378 Å². The summed E-state index contributed by atoms with van der Waals surface area (Å²) < 4.78 is 54.3. The molecule has 0 bridgehead atoms. The summed E-state index contributed by atoms with van der Waals surface area (Å²) in [6.45, 7) is -4.82. The van der Waals surface area contributed by atoms with Gasteiger partial charge < -0.3 is 154 Å². The lowest BCUT2D eigenvalue weighted by molar-refractivity contribution is -0.351. The van der Waals surface area contributed by atoms with Crippen molar-refractivity contribution in [3.63, 3.8) is 0 Å². The van der Waals surface area contributed by atoms with Crippen LogP contribution in [-0.4, -0.2) is 326 Å². The molecule has 0 spiro atoms. The Bertz CT molecular complexity index is 1490. The summed E-state index contributed by atoms with van der Waals surface area (Å²) >= 11 is 0. The predicted molar refractivity (Wildman–Crippen MR) is 200 cm³/mol. The predicted octanol–water partition coefficient (Wildman–Crippen LogP) is -14.3. The maximum atomic E-state index is 10.7. The zero-order valence-electron chi connectivity index (χ0n) is 35.0. The molecule has 29 atom stereocenters. The Morgan fingerprint density at radius 1 is 0.358 bits per heavy atom. The summed E-state index contributed by atoms with van der Waals surface area (Å²) in [5.74, 6) is 0. The van der Waals surface area contributed by atoms with Crippen molar-refractivity contribution in [2.45, 2.75) is 178 Å². The fourth-order valence-electron chi connectivity index (χ4n) is 7.53. The number of aliphatic hydroxyl groups excluding tert-OH is 20. The molecule has 67 heavy (non-hydrogen) atoms. The van der Waals surface area contributed by atoms with Crippen molar-refractivity contribution in [2.75, 3.05) is 39.6 Å². The minimum atomic E-state index is -2.14. The van der Waals surface area contributed by atoms with Crippen LogP contribution in [0.1, 0.15) is 0 Å². The van der Waals surface area contributed by atoms with Crippen molar-refractivity contribution in [1.82, 2.24) is 0 Å². The van der Waals surface area contributed by atoms with Crippen LogP contribution in [0.4, 0.5) is 0 Å². The Morgan fingerprint density at radius 3 is 0.881 bits per heavy atom. The van der Waals surface area contributed by atoms with Gasteiger partial charge in [0.25, 0.3) is 0 Å². The number of carbonyl (C=O) groups is 1. The molecule has 0 aromatic rings. The molecule has 0 aromatic heterocycles. The first-order valence-electron chi connectivity index (χ1n) is 20.9. The second kappa shape index (κ2) is 24.7. The van der Waals surface area contributed by atoms with Crippen molar-refractivity contribution < 1.29 is 154 Å². The maximum absolute atomic E-state index is 10.7. The van der Waals surface area contributed by atoms with Crippen molar-refractivity contribution in [3.05, 3.63) is 0 Å². The van der Waals surface area contributed by atoms with Crippen LogP contribution in [0.2, 0.25) is 0 Å². The first kappa shape index (κ1) is 56.4. The van der Waals surface area contributed by atoms with Crippen LogP contribution in [0.25, 0.3) is 0 Å². The Morgan fingerprint density at radius 2 is 0.612 bits per heavy atom. The molecule has 0 radical (unpaired) electrons. The van der Waals surface area contributed by atoms with E-state index in [9.17, 15) is 107 Å². The maximum Gasteiger partial charge on any atom is 0.186 e. The number of aliphatic hydroxyl groups is 20. The number of rotatable bonds is 20. The van der Waals surface area contributed by atoms with Crippen LogP contribution in [0.5, 0.6) is 0 Å². The lowest BCUT2D eigenvalue weighted by Crippen LogP contribution is -2.63. The van der Waals surface area contributed by atoms with Gasteiger partial charge in [-0.15, -0.1) is 0 Å². The van der Waals surface area contributed by atoms with E-state index in [1.807, 2.05) is 0 Å². The minimum Gasteiger partial charge on any atom is -0.394 e. The third kappa shape index (κ3) is 12.9. The molecule has 5 rings (SSSR count). The van der Waals surface area contributed by atoms with Crippen molar-refractivity contribution in [1.29, 1.82) is 0 Å². The Kier molecular flexibility index (Phi) is 20.8. The Balaban J connectivity index is 1.14. The van der Waals surface area contributed by atoms with E-state index < -0.39 is 218 Å². The van der Waals surface area contributed by atoms with Gasteiger partial charge in [0.05, 0.1) is 39.6 Å². The van der Waals surface area contributed by atoms with E-state index in [4.69, 9.17) is 47.4 Å². The number of carbonyl (C=O) groups excluding carboxylic acids is 1. The number of hydrogen-bond acceptors (Lipinski definition) is 31. The highest BCUT2D eigenvalue weighted by Gasteiger charge is 2.52. The highest BCUT2D eigenvalue weighted by atomic mass is 16.8. The van der Waals surface area contributed by atoms with E-state index in [0.717, 1.165) is 0 Å². The molecule has 0 aromatic carbocycles. The van der Waals surface area contributed by atoms with Gasteiger partial charge in [-0.25, -0.2) is 0 Å². The highest BCUT2D eigenvalue weighted by molar-refractivity contribution is 5.56. The second-order valence-corrected chi connectivity index (χ2v) is 16.6. The monoisotopic (exact) mass is 990 g/mol. The van der Waals surface area contributed by atoms with Gasteiger partial charge in [-0.2, -0.15) is 0 Å². The standard InChI is InChI=1S/C36H62O31/c37-1-8(39)15(41)16(42)9(40)3-58-32-28(54)23(49)18(44)11(64-32)5-60-34-30(56)25(51)20(46)13(66-34)7-62-36-31(57)26(52)21(47)14(67-36)6-61-35-29(55)24(50)19(45)12(65-35)4-59-33-27(53)22(48)17(43)10(2-38)63-33/h1,8-36,38-57H,2-7H2. The van der Waals surface area contributed by atoms with E-state index in [1.165, 1.54) is 0 Å². The van der Waals surface area contributed by atoms with Crippen LogP contribution in [0, 0.1) is 0 Å². The van der Waals surface area contributed by atoms with E-state index in [2.05, 4.69) is 0 Å². The quantitative estimate of drug-likeness (QED) is 0.0504. The molecule has 0 saturated carbocycles. The van der Waals surface area contributed by atoms with Gasteiger partial charge in [0.15, 0.2) is 37.7 Å². The summed E-state index contributed by atoms with van der Waals surface area (Å²) in [4.78, 5) is 10.7. The fourth-order valence-corrected chi connectivity index (χ4v) is 7.53. The van der Waals surface area contributed by atoms with Crippen LogP contribution in [0.15, 0.2) is 0 Å². The Hall–Kier alpha value is -1.53. The number of ether oxygens (including phenoxy) is 10. The topological polar surface area (TPSA) is 514 Å². The largest absolute Gasteiger partial charge is 0.394 e. The number of aldehydes is 1. The van der Waals surface area contributed by atoms with Crippen molar-refractivity contribution in [3.8, 4) is 0 Å². The summed E-state index contributed by atoms with van der Waals surface area (Å²) in [6, 6.07) is 0. The molecule has 31 heteroatoms. The van der Waals surface area contributed by atoms with E-state index >= 15 is 0 Å². The fraction of sp³-hybridized carbons (Fsp3) is 0.972. The summed E-state index contributed by atoms with van der Waals surface area (Å²) in [5, 5.41) is 206. The molecule has 5 saturated heterocycles. The average molecular weight is 991 g/mol. The zero-order valence-corrected chi connectivity index (χ0v) is 35.0. The SMILES string of the molecule is O=CC(O)C(O)C(O)C(O)COC1OC(COC2OC(COC3OC(COC4OC(COC5OC(CO)C(O)C(O)C5O)C(O)C(O)C4O)C(O)C(O)C3O)C(O)C(O)C2O)C(O)C(O)C1O. The summed E-state index contributed by atoms with van der Waals surface area (Å²) in [6.07, 6.45) is -54.2. The molecule has 31 nitrogen and oxygen atoms in total. The molecular formula is C36H62O31. The molecular weight excluding hydrogens is 928 g/mol. The average Bonchev–Trinajstić information content (AvgIpc) is 3.32. The highest BCUT2D eigenvalue weighted by Crippen LogP contribution is 2.31. The van der Waals surface area contributed by atoms with Crippen LogP contribution >= 0.6 is 0 Å². The van der Waals surface area contributed by atoms with Crippen LogP contribution in [0.3, 0.4) is 0 Å². The third-order valence-electron chi connectivity index (χ3n) is 11.9. The summed E-state index contributed by atoms with van der Waals surface area (Å²) in [5.41, 5.74) is 0. The van der Waals surface area contributed by atoms with E-state index in [0.29, 0.717) is 0 Å². The minimum absolute atomic E-state index is 0.108.